The van der Waals surface area contributed by atoms with E-state index in [1.807, 2.05) is 6.92 Å². The van der Waals surface area contributed by atoms with Crippen molar-refractivity contribution in [1.82, 2.24) is 0 Å². The topological polar surface area (TPSA) is 66.2 Å². The molecule has 1 fully saturated rings. The van der Waals surface area contributed by atoms with Crippen molar-refractivity contribution in [2.45, 2.75) is 32.2 Å². The van der Waals surface area contributed by atoms with Crippen molar-refractivity contribution in [3.63, 3.8) is 0 Å². The predicted molar refractivity (Wildman–Crippen MR) is 39.5 cm³/mol. The van der Waals surface area contributed by atoms with Crippen LogP contribution in [0.15, 0.2) is 0 Å². The maximum absolute atomic E-state index is 10.5. The minimum Gasteiger partial charge on any atom is -0.550 e. The van der Waals surface area contributed by atoms with Crippen LogP contribution in [0.5, 0.6) is 0 Å². The summed E-state index contributed by atoms with van der Waals surface area (Å²) >= 11 is 0. The number of carboxylic acid groups (broad SMARTS) is 1. The van der Waals surface area contributed by atoms with Crippen LogP contribution in [0.4, 0.5) is 0 Å². The summed E-state index contributed by atoms with van der Waals surface area (Å²) in [4.78, 5) is 10.5. The van der Waals surface area contributed by atoms with Gasteiger partial charge in [0.2, 0.25) is 0 Å². The van der Waals surface area contributed by atoms with Crippen LogP contribution in [0.1, 0.15) is 26.2 Å². The number of hydrogen-bond donors (Lipinski definition) is 1. The lowest BCUT2D eigenvalue weighted by atomic mass is 9.78. The van der Waals surface area contributed by atoms with Crippen LogP contribution in [0, 0.1) is 11.8 Å². The predicted octanol–water partition coefficient (Wildman–Crippen LogP) is -0.500. The van der Waals surface area contributed by atoms with Crippen LogP contribution in [0.25, 0.3) is 0 Å². The average Bonchev–Trinajstić information content (AvgIpc) is 1.94. The van der Waals surface area contributed by atoms with Gasteiger partial charge in [0, 0.05) is 17.9 Å². The molecule has 11 heavy (non-hydrogen) atoms. The first-order chi connectivity index (χ1) is 5.11. The molecule has 0 aromatic carbocycles. The van der Waals surface area contributed by atoms with Gasteiger partial charge in [0.15, 0.2) is 0 Å². The number of rotatable bonds is 1. The van der Waals surface area contributed by atoms with Crippen molar-refractivity contribution in [2.24, 2.45) is 17.6 Å². The highest BCUT2D eigenvalue weighted by molar-refractivity contribution is 5.68. The Hall–Kier alpha value is -0.570. The number of carboxylic acids is 1. The summed E-state index contributed by atoms with van der Waals surface area (Å²) in [5.74, 6) is -1.02. The Balaban J connectivity index is 2.54. The highest BCUT2D eigenvalue weighted by Gasteiger charge is 2.26. The van der Waals surface area contributed by atoms with Gasteiger partial charge >= 0.3 is 0 Å². The Morgan fingerprint density at radius 2 is 2.18 bits per heavy atom. The number of aliphatic carboxylic acids is 1. The van der Waals surface area contributed by atoms with E-state index >= 15 is 0 Å². The molecule has 2 N–H and O–H groups in total. The van der Waals surface area contributed by atoms with E-state index in [1.54, 1.807) is 0 Å². The van der Waals surface area contributed by atoms with Crippen LogP contribution in [0.2, 0.25) is 0 Å². The second-order valence-corrected chi connectivity index (χ2v) is 3.48. The molecule has 1 aliphatic rings. The molecule has 0 spiro atoms. The molecule has 0 aliphatic heterocycles. The highest BCUT2D eigenvalue weighted by Crippen LogP contribution is 2.28. The fourth-order valence-electron chi connectivity index (χ4n) is 1.68. The van der Waals surface area contributed by atoms with Gasteiger partial charge in [-0.2, -0.15) is 0 Å². The van der Waals surface area contributed by atoms with Gasteiger partial charge in [-0.15, -0.1) is 0 Å². The van der Waals surface area contributed by atoms with E-state index in [9.17, 15) is 9.90 Å². The molecule has 0 aromatic heterocycles. The van der Waals surface area contributed by atoms with Gasteiger partial charge in [0.25, 0.3) is 0 Å². The van der Waals surface area contributed by atoms with Gasteiger partial charge in [-0.3, -0.25) is 0 Å². The first-order valence-corrected chi connectivity index (χ1v) is 4.07. The standard InChI is InChI=1S/C8H15NO2/c1-5-2-3-6(9)4-7(5)8(10)11/h5-7H,2-4,9H2,1H3,(H,10,11)/p-1. The number of nitrogens with two attached hydrogens (primary N) is 1. The van der Waals surface area contributed by atoms with E-state index in [0.29, 0.717) is 6.42 Å². The molecule has 0 amide bonds. The minimum absolute atomic E-state index is 0.0640. The summed E-state index contributed by atoms with van der Waals surface area (Å²) in [5.41, 5.74) is 5.63. The van der Waals surface area contributed by atoms with Crippen LogP contribution in [-0.2, 0) is 4.79 Å². The first-order valence-electron chi connectivity index (χ1n) is 4.07. The second kappa shape index (κ2) is 3.22. The zero-order valence-corrected chi connectivity index (χ0v) is 6.75. The molecule has 1 rings (SSSR count). The summed E-state index contributed by atoms with van der Waals surface area (Å²) in [6, 6.07) is 0.0640. The molecular formula is C8H14NO2-. The summed E-state index contributed by atoms with van der Waals surface area (Å²) in [5, 5.41) is 10.5. The zero-order valence-electron chi connectivity index (χ0n) is 6.75. The van der Waals surface area contributed by atoms with Crippen LogP contribution < -0.4 is 10.8 Å². The van der Waals surface area contributed by atoms with E-state index < -0.39 is 5.97 Å². The third kappa shape index (κ3) is 1.93. The zero-order chi connectivity index (χ0) is 8.43. The Morgan fingerprint density at radius 3 is 2.64 bits per heavy atom. The molecule has 3 heteroatoms. The van der Waals surface area contributed by atoms with Gasteiger partial charge in [-0.25, -0.2) is 0 Å². The molecule has 0 aromatic rings. The van der Waals surface area contributed by atoms with Gasteiger partial charge in [0.1, 0.15) is 0 Å². The van der Waals surface area contributed by atoms with Gasteiger partial charge in [0.05, 0.1) is 0 Å². The molecule has 3 nitrogen and oxygen atoms in total. The molecular weight excluding hydrogens is 142 g/mol. The molecule has 64 valence electrons. The summed E-state index contributed by atoms with van der Waals surface area (Å²) in [6.45, 7) is 1.95. The van der Waals surface area contributed by atoms with E-state index in [0.717, 1.165) is 12.8 Å². The third-order valence-electron chi connectivity index (χ3n) is 2.54. The molecule has 1 aliphatic carbocycles. The highest BCUT2D eigenvalue weighted by atomic mass is 16.4. The van der Waals surface area contributed by atoms with Gasteiger partial charge in [-0.05, 0) is 25.2 Å². The Kier molecular flexibility index (Phi) is 2.49. The van der Waals surface area contributed by atoms with Gasteiger partial charge < -0.3 is 15.6 Å². The third-order valence-corrected chi connectivity index (χ3v) is 2.54. The van der Waals surface area contributed by atoms with E-state index in [2.05, 4.69) is 0 Å². The van der Waals surface area contributed by atoms with Crippen LogP contribution in [-0.4, -0.2) is 12.0 Å². The Morgan fingerprint density at radius 1 is 1.55 bits per heavy atom. The molecule has 0 heterocycles. The summed E-state index contributed by atoms with van der Waals surface area (Å²) < 4.78 is 0. The molecule has 0 bridgehead atoms. The maximum atomic E-state index is 10.5. The van der Waals surface area contributed by atoms with Crippen molar-refractivity contribution in [1.29, 1.82) is 0 Å². The fourth-order valence-corrected chi connectivity index (χ4v) is 1.68. The van der Waals surface area contributed by atoms with Crippen molar-refractivity contribution in [3.05, 3.63) is 0 Å². The maximum Gasteiger partial charge on any atom is 0.0448 e. The van der Waals surface area contributed by atoms with Crippen LogP contribution >= 0.6 is 0 Å². The quantitative estimate of drug-likeness (QED) is 0.556. The average molecular weight is 156 g/mol. The molecule has 3 unspecified atom stereocenters. The Bertz CT molecular complexity index is 158. The first kappa shape index (κ1) is 8.53. The number of hydrogen-bond acceptors (Lipinski definition) is 3. The van der Waals surface area contributed by atoms with E-state index in [1.165, 1.54) is 0 Å². The minimum atomic E-state index is -0.937. The fraction of sp³-hybridized carbons (Fsp3) is 0.875. The SMILES string of the molecule is CC1CCC(N)CC1C(=O)[O-]. The lowest BCUT2D eigenvalue weighted by Crippen LogP contribution is -2.42. The lowest BCUT2D eigenvalue weighted by Gasteiger charge is -2.32. The molecule has 1 saturated carbocycles. The van der Waals surface area contributed by atoms with E-state index in [4.69, 9.17) is 5.73 Å². The summed E-state index contributed by atoms with van der Waals surface area (Å²) in [6.07, 6.45) is 2.45. The molecule has 0 saturated heterocycles. The van der Waals surface area contributed by atoms with Crippen LogP contribution in [0.3, 0.4) is 0 Å². The summed E-state index contributed by atoms with van der Waals surface area (Å²) in [7, 11) is 0. The molecule has 0 radical (unpaired) electrons. The van der Waals surface area contributed by atoms with Crippen molar-refractivity contribution in [2.75, 3.05) is 0 Å². The van der Waals surface area contributed by atoms with Crippen molar-refractivity contribution in [3.8, 4) is 0 Å². The van der Waals surface area contributed by atoms with Crippen molar-refractivity contribution < 1.29 is 9.90 Å². The molecule has 3 atom stereocenters. The number of carbonyl (C=O) groups is 1. The van der Waals surface area contributed by atoms with E-state index in [-0.39, 0.29) is 17.9 Å². The van der Waals surface area contributed by atoms with Crippen molar-refractivity contribution >= 4 is 5.97 Å². The normalized spacial score (nSPS) is 38.5. The number of carbonyl (C=O) groups excluding carboxylic acids is 1. The smallest absolute Gasteiger partial charge is 0.0448 e. The Labute approximate surface area is 66.6 Å². The second-order valence-electron chi connectivity index (χ2n) is 3.48. The largest absolute Gasteiger partial charge is 0.550 e. The monoisotopic (exact) mass is 156 g/mol. The van der Waals surface area contributed by atoms with Gasteiger partial charge in [-0.1, -0.05) is 6.92 Å². The lowest BCUT2D eigenvalue weighted by molar-refractivity contribution is -0.314.